The molecule has 121 heavy (non-hydrogen) atoms. The molecule has 0 saturated carbocycles. The third-order valence-corrected chi connectivity index (χ3v) is 18.1. The summed E-state index contributed by atoms with van der Waals surface area (Å²) in [5.41, 5.74) is 22.2. The van der Waals surface area contributed by atoms with Crippen LogP contribution in [0.15, 0.2) is 24.8 Å². The van der Waals surface area contributed by atoms with Gasteiger partial charge in [0.25, 0.3) is 0 Å². The lowest BCUT2D eigenvalue weighted by Crippen LogP contribution is -2.43. The van der Waals surface area contributed by atoms with Gasteiger partial charge in [0.1, 0.15) is 50.0 Å². The second-order valence-corrected chi connectivity index (χ2v) is 29.0. The van der Waals surface area contributed by atoms with Crippen molar-refractivity contribution < 1.29 is 95.7 Å². The number of amides is 15. The molecule has 4 heterocycles. The van der Waals surface area contributed by atoms with E-state index in [-0.39, 0.29) is 216 Å². The maximum Gasteiger partial charge on any atom is 0.239 e. The van der Waals surface area contributed by atoms with Crippen molar-refractivity contribution in [1.82, 2.24) is 118 Å². The first-order valence-corrected chi connectivity index (χ1v) is 40.4. The number of hydrogen-bond donors (Lipinski definition) is 15. The maximum absolute atomic E-state index is 13.4. The third kappa shape index (κ3) is 47.5. The monoisotopic (exact) mass is 1710 g/mol. The van der Waals surface area contributed by atoms with Crippen LogP contribution in [0.4, 0.5) is 0 Å². The van der Waals surface area contributed by atoms with Gasteiger partial charge in [0.05, 0.1) is 119 Å². The number of carbonyl (C=O) groups is 16. The van der Waals surface area contributed by atoms with Crippen molar-refractivity contribution in [2.24, 2.45) is 28.3 Å². The minimum absolute atomic E-state index is 0.0427. The van der Waals surface area contributed by atoms with E-state index in [9.17, 15) is 76.7 Å². The van der Waals surface area contributed by atoms with Crippen LogP contribution in [0.5, 0.6) is 0 Å². The molecule has 0 aliphatic rings. The highest BCUT2D eigenvalue weighted by Crippen LogP contribution is 2.22. The molecule has 0 fully saturated rings. The number of nitrogens with one attached hydrogen (secondary N) is 11. The largest absolute Gasteiger partial charge is 0.380 e. The average Bonchev–Trinajstić information content (AvgIpc) is 1.74. The number of aryl methyl sites for hydroxylation is 5. The highest BCUT2D eigenvalue weighted by atomic mass is 16.5. The van der Waals surface area contributed by atoms with E-state index in [1.165, 1.54) is 46.4 Å². The molecule has 0 aromatic carbocycles. The number of ketones is 1. The van der Waals surface area contributed by atoms with Gasteiger partial charge in [-0.15, -0.1) is 20.4 Å². The van der Waals surface area contributed by atoms with Crippen LogP contribution in [0.2, 0.25) is 0 Å². The lowest BCUT2D eigenvalue weighted by molar-refractivity contribution is -0.130. The number of hydrogen-bond acceptors (Lipinski definition) is 28. The number of carbonyl (C=O) groups excluding carboxylic acids is 16. The second kappa shape index (κ2) is 58.1. The Balaban J connectivity index is 1.39. The molecule has 672 valence electrons. The molecule has 0 bridgehead atoms. The van der Waals surface area contributed by atoms with Gasteiger partial charge in [-0.1, -0.05) is 20.9 Å². The summed E-state index contributed by atoms with van der Waals surface area (Å²) in [6, 6.07) is -3.21. The van der Waals surface area contributed by atoms with Crippen LogP contribution in [0.1, 0.15) is 185 Å². The van der Waals surface area contributed by atoms with Crippen LogP contribution in [0.3, 0.4) is 0 Å². The van der Waals surface area contributed by atoms with Gasteiger partial charge in [-0.25, -0.2) is 14.0 Å². The molecule has 0 spiro atoms. The summed E-state index contributed by atoms with van der Waals surface area (Å²) in [7, 11) is 0. The predicted molar refractivity (Wildman–Crippen MR) is 426 cm³/mol. The molecule has 0 saturated heterocycles. The molecule has 0 unspecified atom stereocenters. The molecular weight excluding hydrogens is 1590 g/mol. The van der Waals surface area contributed by atoms with Gasteiger partial charge in [-0.2, -0.15) is 0 Å². The van der Waals surface area contributed by atoms with Crippen LogP contribution in [-0.2, 0) is 148 Å². The molecule has 4 rings (SSSR count). The molecule has 0 aliphatic carbocycles. The first-order valence-electron chi connectivity index (χ1n) is 40.4. The maximum atomic E-state index is 13.4. The van der Waals surface area contributed by atoms with E-state index in [2.05, 4.69) is 99.7 Å². The van der Waals surface area contributed by atoms with Gasteiger partial charge in [0, 0.05) is 131 Å². The van der Waals surface area contributed by atoms with Gasteiger partial charge in [0.15, 0.2) is 0 Å². The normalized spacial score (nSPS) is 12.2. The average molecular weight is 1710 g/mol. The van der Waals surface area contributed by atoms with Gasteiger partial charge in [-0.3, -0.25) is 81.4 Å². The summed E-state index contributed by atoms with van der Waals surface area (Å²) in [6.45, 7) is 5.22. The van der Waals surface area contributed by atoms with Crippen molar-refractivity contribution in [1.29, 1.82) is 0 Å². The number of primary amides is 4. The molecule has 19 N–H and O–H groups in total. The summed E-state index contributed by atoms with van der Waals surface area (Å²) < 4.78 is 30.4. The van der Waals surface area contributed by atoms with E-state index in [1.807, 2.05) is 0 Å². The zero-order valence-corrected chi connectivity index (χ0v) is 69.5. The first-order chi connectivity index (χ1) is 57.8. The fourth-order valence-electron chi connectivity index (χ4n) is 11.6. The summed E-state index contributed by atoms with van der Waals surface area (Å²) in [4.78, 5) is 196. The smallest absolute Gasteiger partial charge is 0.239 e. The van der Waals surface area contributed by atoms with Crippen LogP contribution in [-0.4, -0.2) is 258 Å². The lowest BCUT2D eigenvalue weighted by atomic mass is 9.92. The number of unbranched alkanes of at least 4 members (excludes halogenated alkanes) is 4. The van der Waals surface area contributed by atoms with Crippen LogP contribution in [0.25, 0.3) is 0 Å². The molecule has 0 aliphatic heterocycles. The van der Waals surface area contributed by atoms with E-state index < -0.39 is 70.9 Å². The molecule has 4 aromatic rings. The number of rotatable bonds is 69. The number of Topliss-reactive ketones (excluding diaryl/α,β-unsaturated/α-hetero) is 1. The summed E-state index contributed by atoms with van der Waals surface area (Å²) in [6.07, 6.45) is 12.9. The molecule has 0 radical (unpaired) electrons. The highest BCUT2D eigenvalue weighted by Gasteiger charge is 2.34. The van der Waals surface area contributed by atoms with Crippen molar-refractivity contribution in [2.45, 2.75) is 239 Å². The quantitative estimate of drug-likeness (QED) is 0.0184. The van der Waals surface area contributed by atoms with E-state index >= 15 is 0 Å². The number of aromatic nitrogens is 12. The van der Waals surface area contributed by atoms with Crippen molar-refractivity contribution in [2.75, 3.05) is 79.0 Å². The van der Waals surface area contributed by atoms with E-state index in [4.69, 9.17) is 41.9 Å². The Morgan fingerprint density at radius 2 is 0.562 bits per heavy atom. The third-order valence-electron chi connectivity index (χ3n) is 18.1. The van der Waals surface area contributed by atoms with Crippen molar-refractivity contribution in [3.8, 4) is 0 Å². The second-order valence-electron chi connectivity index (χ2n) is 29.0. The Labute approximate surface area is 699 Å². The van der Waals surface area contributed by atoms with Crippen molar-refractivity contribution in [3.63, 3.8) is 0 Å². The van der Waals surface area contributed by atoms with Gasteiger partial charge < -0.3 is 100 Å². The van der Waals surface area contributed by atoms with Gasteiger partial charge in [0.2, 0.25) is 88.6 Å². The summed E-state index contributed by atoms with van der Waals surface area (Å²) in [5, 5.41) is 62.2. The predicted octanol–water partition coefficient (Wildman–Crippen LogP) is -5.22. The van der Waals surface area contributed by atoms with Gasteiger partial charge >= 0.3 is 0 Å². The molecule has 4 aromatic heterocycles. The molecule has 47 nitrogen and oxygen atoms in total. The molecule has 15 amide bonds. The first kappa shape index (κ1) is 101. The van der Waals surface area contributed by atoms with Crippen LogP contribution >= 0.6 is 0 Å². The number of ether oxygens (including phenoxy) is 4. The highest BCUT2D eigenvalue weighted by molar-refractivity contribution is 5.88. The zero-order valence-electron chi connectivity index (χ0n) is 69.5. The Hall–Kier alpha value is -11.9. The Kier molecular flexibility index (Phi) is 48.7. The SMILES string of the molecule is CC(=O)N[C@@H](CCCCNC(=O)CCc1cn(CCC(=O)CCOCC(COCCC(=O)NCn2cc(CCC(=O)NCCCC[C@H](NC(C)=O)C(N)=O)nn2)(COCCC(=O)NCn2cc(CCC(=O)NCCCC[C@H](NC(C)=O)C(N)=O)nn2)COCCC(=O)NCn2cc(CCC(=O)NCCCC[C@H](NC(C)=O)C(N)=O)nn2)nn1)C(N)=O. The summed E-state index contributed by atoms with van der Waals surface area (Å²) >= 11 is 0. The minimum Gasteiger partial charge on any atom is -0.380 e. The van der Waals surface area contributed by atoms with E-state index in [1.54, 1.807) is 24.8 Å². The van der Waals surface area contributed by atoms with Crippen molar-refractivity contribution in [3.05, 3.63) is 47.6 Å². The molecule has 47 heteroatoms. The Bertz CT molecular complexity index is 3460. The lowest BCUT2D eigenvalue weighted by Gasteiger charge is -2.33. The van der Waals surface area contributed by atoms with Crippen LogP contribution < -0.4 is 81.4 Å². The zero-order chi connectivity index (χ0) is 88.7. The molecule has 4 atom stereocenters. The van der Waals surface area contributed by atoms with E-state index in [0.29, 0.717) is 126 Å². The Morgan fingerprint density at radius 3 is 0.818 bits per heavy atom. The number of nitrogens with zero attached hydrogens (tertiary/aromatic N) is 12. The Morgan fingerprint density at radius 1 is 0.322 bits per heavy atom. The standard InChI is InChI=1S/C74H121N27O20/c1-50(102)86-59(70(75)114)13-5-9-30-79-63(107)21-17-54-39-98(94-90-54)34-25-58(106)26-35-118-43-74(44-119-36-27-67(111)83-47-99-40-55(91-95-99)18-22-64(108)80-31-10-6-14-60(71(76)115)87-51(2)103,45-120-37-28-68(112)84-48-100-41-56(92-96-100)19-23-65(109)81-32-11-7-15-61(72(77)116)88-52(3)104)46-121-38-29-69(113)85-49-101-42-57(93-97-101)20-24-66(110)82-33-12-8-16-62(73(78)117)89-53(4)105/h39-42,59-62H,5-38,43-49H2,1-4H3,(H2,75,114)(H2,76,115)(H2,77,116)(H2,78,117)(H,79,107)(H,80,108)(H,81,109)(H,82,110)(H,83,111)(H,84,112)(H,85,113)(H,86,102)(H,87,103)(H,88,104)(H,89,105)/t59-,60-,61-,62-/m0/s1. The van der Waals surface area contributed by atoms with E-state index in [0.717, 1.165) is 0 Å². The fraction of sp³-hybridized carbons (Fsp3) is 0.676. The fourth-order valence-corrected chi connectivity index (χ4v) is 11.6. The number of nitrogens with two attached hydrogens (primary N) is 4. The molecular formula is C74H121N27O20. The topological polar surface area (TPSA) is 669 Å². The summed E-state index contributed by atoms with van der Waals surface area (Å²) in [5.74, 6) is -6.56. The van der Waals surface area contributed by atoms with Gasteiger partial charge in [-0.05, 0) is 77.0 Å². The van der Waals surface area contributed by atoms with Crippen molar-refractivity contribution >= 4 is 94.4 Å². The van der Waals surface area contributed by atoms with Crippen LogP contribution in [0, 0.1) is 5.41 Å². The minimum atomic E-state index is -1.22.